The molecule has 10 rings (SSSR count). The van der Waals surface area contributed by atoms with Gasteiger partial charge in [0.05, 0.1) is 0 Å². The first-order chi connectivity index (χ1) is 20.3. The smallest absolute Gasteiger partial charge is 0.0440 e. The van der Waals surface area contributed by atoms with Crippen LogP contribution >= 0.6 is 34.0 Å². The van der Waals surface area contributed by atoms with Crippen LogP contribution in [0.3, 0.4) is 0 Å². The summed E-state index contributed by atoms with van der Waals surface area (Å²) in [5.74, 6) is 0. The van der Waals surface area contributed by atoms with E-state index in [-0.39, 0.29) is 0 Å². The summed E-state index contributed by atoms with van der Waals surface area (Å²) in [6, 6.07) is 45.2. The Bertz CT molecular complexity index is 2580. The minimum atomic E-state index is 1.28. The first kappa shape index (κ1) is 22.4. The van der Waals surface area contributed by atoms with Gasteiger partial charge in [-0.05, 0) is 40.1 Å². The van der Waals surface area contributed by atoms with Crippen LogP contribution in [0.4, 0.5) is 0 Å². The Morgan fingerprint density at radius 1 is 0.341 bits per heavy atom. The minimum Gasteiger partial charge on any atom is -0.135 e. The van der Waals surface area contributed by atoms with Crippen LogP contribution in [0.1, 0.15) is 0 Å². The zero-order chi connectivity index (χ0) is 26.7. The van der Waals surface area contributed by atoms with E-state index in [2.05, 4.69) is 121 Å². The van der Waals surface area contributed by atoms with Crippen LogP contribution in [0.25, 0.3) is 93.9 Å². The van der Waals surface area contributed by atoms with Gasteiger partial charge in [0, 0.05) is 72.0 Å². The lowest BCUT2D eigenvalue weighted by molar-refractivity contribution is 1.67. The molecular formula is C38H20S3. The van der Waals surface area contributed by atoms with Crippen molar-refractivity contribution in [1.29, 1.82) is 0 Å². The van der Waals surface area contributed by atoms with Crippen molar-refractivity contribution in [3.8, 4) is 33.4 Å². The summed E-state index contributed by atoms with van der Waals surface area (Å²) in [6.45, 7) is 0. The number of rotatable bonds is 2. The van der Waals surface area contributed by atoms with Crippen molar-refractivity contribution in [2.24, 2.45) is 0 Å². The minimum absolute atomic E-state index is 1.28. The summed E-state index contributed by atoms with van der Waals surface area (Å²) >= 11 is 5.82. The second-order valence-electron chi connectivity index (χ2n) is 10.8. The molecule has 2 aliphatic heterocycles. The van der Waals surface area contributed by atoms with Gasteiger partial charge >= 0.3 is 0 Å². The average Bonchev–Trinajstić information content (AvgIpc) is 3.42. The second kappa shape index (κ2) is 8.14. The molecule has 1 aromatic heterocycles. The van der Waals surface area contributed by atoms with Crippen LogP contribution in [0.5, 0.6) is 0 Å². The Labute approximate surface area is 248 Å². The normalized spacial score (nSPS) is 12.4. The molecule has 41 heavy (non-hydrogen) atoms. The highest BCUT2D eigenvalue weighted by Gasteiger charge is 2.25. The van der Waals surface area contributed by atoms with Gasteiger partial charge in [0.15, 0.2) is 0 Å². The van der Waals surface area contributed by atoms with Crippen molar-refractivity contribution >= 4 is 94.5 Å². The monoisotopic (exact) mass is 572 g/mol. The zero-order valence-corrected chi connectivity index (χ0v) is 24.2. The summed E-state index contributed by atoms with van der Waals surface area (Å²) in [4.78, 5) is 0. The van der Waals surface area contributed by atoms with Gasteiger partial charge in [-0.3, -0.25) is 0 Å². The maximum atomic E-state index is 2.36. The predicted octanol–water partition coefficient (Wildman–Crippen LogP) is 12.7. The van der Waals surface area contributed by atoms with E-state index in [1.807, 2.05) is 34.0 Å². The highest BCUT2D eigenvalue weighted by Crippen LogP contribution is 2.55. The average molecular weight is 573 g/mol. The largest absolute Gasteiger partial charge is 0.135 e. The summed E-state index contributed by atoms with van der Waals surface area (Å²) in [5, 5.41) is 8.17. The molecule has 3 heterocycles. The molecule has 0 atom stereocenters. The molecule has 8 aromatic rings. The fraction of sp³-hybridized carbons (Fsp3) is 0. The number of fused-ring (bicyclic) bond motifs is 3. The predicted molar refractivity (Wildman–Crippen MR) is 184 cm³/mol. The van der Waals surface area contributed by atoms with Gasteiger partial charge in [0.25, 0.3) is 0 Å². The molecular weight excluding hydrogens is 553 g/mol. The summed E-state index contributed by atoms with van der Waals surface area (Å²) < 4.78 is 8.22. The molecule has 0 unspecified atom stereocenters. The molecule has 2 aliphatic rings. The van der Waals surface area contributed by atoms with Crippen LogP contribution in [-0.2, 0) is 0 Å². The van der Waals surface area contributed by atoms with Crippen molar-refractivity contribution in [2.45, 2.75) is 0 Å². The van der Waals surface area contributed by atoms with Crippen molar-refractivity contribution in [3.63, 3.8) is 0 Å². The van der Waals surface area contributed by atoms with Gasteiger partial charge in [-0.15, -0.1) is 34.0 Å². The number of hydrogen-bond donors (Lipinski definition) is 0. The van der Waals surface area contributed by atoms with E-state index in [0.717, 1.165) is 0 Å². The molecule has 0 saturated carbocycles. The third-order valence-corrected chi connectivity index (χ3v) is 12.3. The Morgan fingerprint density at radius 3 is 1.66 bits per heavy atom. The lowest BCUT2D eigenvalue weighted by Gasteiger charge is -2.23. The first-order valence-corrected chi connectivity index (χ1v) is 16.3. The van der Waals surface area contributed by atoms with E-state index < -0.39 is 0 Å². The van der Waals surface area contributed by atoms with Gasteiger partial charge in [0.1, 0.15) is 0 Å². The highest BCUT2D eigenvalue weighted by molar-refractivity contribution is 7.28. The molecule has 0 bridgehead atoms. The van der Waals surface area contributed by atoms with Crippen LogP contribution in [0.2, 0.25) is 0 Å². The molecule has 7 aromatic carbocycles. The van der Waals surface area contributed by atoms with Gasteiger partial charge in [-0.1, -0.05) is 103 Å². The third-order valence-electron chi connectivity index (χ3n) is 8.65. The number of benzene rings is 7. The molecule has 0 aliphatic carbocycles. The van der Waals surface area contributed by atoms with E-state index >= 15 is 0 Å². The molecule has 0 fully saturated rings. The second-order valence-corrected chi connectivity index (χ2v) is 14.0. The lowest BCUT2D eigenvalue weighted by atomic mass is 9.90. The summed E-state index contributed by atoms with van der Waals surface area (Å²) in [7, 11) is 0. The maximum absolute atomic E-state index is 2.36. The fourth-order valence-electron chi connectivity index (χ4n) is 6.85. The lowest BCUT2D eigenvalue weighted by Crippen LogP contribution is -1.94. The quantitative estimate of drug-likeness (QED) is 0.143. The standard InChI is InChI=1S/C38H20S3/c1-2-7-21(8-3-1)24-17-13-22-15-20-31-34-32(22)37(24)40-30-19-16-23-14-18-28(38(41-31)33(23)35(30)34)27-11-6-10-26-25-9-4-5-12-29(25)39-36(26)27/h1-20H. The number of thiophene rings is 1. The maximum Gasteiger partial charge on any atom is 0.0440 e. The zero-order valence-electron chi connectivity index (χ0n) is 21.8. The van der Waals surface area contributed by atoms with Crippen LogP contribution < -0.4 is 0 Å². The van der Waals surface area contributed by atoms with Gasteiger partial charge in [-0.25, -0.2) is 0 Å². The van der Waals surface area contributed by atoms with E-state index in [0.29, 0.717) is 0 Å². The fourth-order valence-corrected chi connectivity index (χ4v) is 10.6. The topological polar surface area (TPSA) is 0 Å². The van der Waals surface area contributed by atoms with Crippen LogP contribution in [0, 0.1) is 0 Å². The van der Waals surface area contributed by atoms with E-state index in [1.165, 1.54) is 93.9 Å². The molecule has 0 nitrogen and oxygen atoms in total. The van der Waals surface area contributed by atoms with E-state index in [9.17, 15) is 0 Å². The van der Waals surface area contributed by atoms with Crippen LogP contribution in [0.15, 0.2) is 121 Å². The molecule has 190 valence electrons. The van der Waals surface area contributed by atoms with Crippen LogP contribution in [-0.4, -0.2) is 0 Å². The third kappa shape index (κ3) is 2.98. The Morgan fingerprint density at radius 2 is 0.902 bits per heavy atom. The molecule has 0 N–H and O–H groups in total. The Hall–Kier alpha value is -4.28. The summed E-state index contributed by atoms with van der Waals surface area (Å²) in [6.07, 6.45) is 0. The highest BCUT2D eigenvalue weighted by atomic mass is 32.1. The number of hydrogen-bond acceptors (Lipinski definition) is 3. The first-order valence-electron chi connectivity index (χ1n) is 13.8. The summed E-state index contributed by atoms with van der Waals surface area (Å²) in [5.41, 5.74) is 8.12. The molecule has 0 radical (unpaired) electrons. The van der Waals surface area contributed by atoms with Gasteiger partial charge in [0.2, 0.25) is 0 Å². The van der Waals surface area contributed by atoms with Crippen molar-refractivity contribution in [2.75, 3.05) is 0 Å². The molecule has 0 amide bonds. The van der Waals surface area contributed by atoms with Crippen molar-refractivity contribution < 1.29 is 0 Å². The molecule has 3 heteroatoms. The Kier molecular flexibility index (Phi) is 4.45. The van der Waals surface area contributed by atoms with E-state index in [4.69, 9.17) is 0 Å². The van der Waals surface area contributed by atoms with Gasteiger partial charge < -0.3 is 0 Å². The van der Waals surface area contributed by atoms with Crippen molar-refractivity contribution in [3.05, 3.63) is 121 Å². The molecule has 0 saturated heterocycles. The Balaban J connectivity index is 1.36. The molecule has 0 spiro atoms. The van der Waals surface area contributed by atoms with E-state index in [1.54, 1.807) is 0 Å². The van der Waals surface area contributed by atoms with Crippen molar-refractivity contribution in [1.82, 2.24) is 0 Å². The SMILES string of the molecule is c1ccc(-c2ccc3ccc4sc5c(-c6cccc7c6sc6ccccc67)ccc6ccc7sc2c3c4-c7c65)cc1. The van der Waals surface area contributed by atoms with Gasteiger partial charge in [-0.2, -0.15) is 0 Å².